The highest BCUT2D eigenvalue weighted by Crippen LogP contribution is 2.35. The Morgan fingerprint density at radius 1 is 1.08 bits per heavy atom. The zero-order valence-electron chi connectivity index (χ0n) is 21.3. The Hall–Kier alpha value is -3.61. The molecule has 7 nitrogen and oxygen atoms in total. The van der Waals surface area contributed by atoms with Crippen molar-refractivity contribution in [1.29, 1.82) is 0 Å². The Kier molecular flexibility index (Phi) is 6.33. The van der Waals surface area contributed by atoms with Gasteiger partial charge in [-0.1, -0.05) is 11.6 Å². The van der Waals surface area contributed by atoms with E-state index in [2.05, 4.69) is 0 Å². The van der Waals surface area contributed by atoms with Gasteiger partial charge in [-0.3, -0.25) is 9.59 Å². The van der Waals surface area contributed by atoms with E-state index in [1.807, 2.05) is 61.4 Å². The highest BCUT2D eigenvalue weighted by Gasteiger charge is 2.36. The van der Waals surface area contributed by atoms with E-state index < -0.39 is 5.63 Å². The van der Waals surface area contributed by atoms with Crippen molar-refractivity contribution in [2.45, 2.75) is 53.0 Å². The van der Waals surface area contributed by atoms with Gasteiger partial charge in [0.05, 0.1) is 12.0 Å². The van der Waals surface area contributed by atoms with Gasteiger partial charge in [-0.25, -0.2) is 4.79 Å². The summed E-state index contributed by atoms with van der Waals surface area (Å²) in [5.41, 5.74) is 4.14. The van der Waals surface area contributed by atoms with Gasteiger partial charge >= 0.3 is 5.63 Å². The lowest BCUT2D eigenvalue weighted by Crippen LogP contribution is -2.49. The number of likely N-dealkylation sites (tertiary alicyclic amines) is 1. The van der Waals surface area contributed by atoms with E-state index in [1.165, 1.54) is 5.57 Å². The van der Waals surface area contributed by atoms with E-state index in [1.54, 1.807) is 12.1 Å². The normalized spacial score (nSPS) is 18.6. The number of piperidine rings is 1. The molecule has 2 atom stereocenters. The SMILES string of the molecule is CC(C)=CCOc1ccc2c(C)c(CC(=O)N3C[C@@H]4C[C@@H](C3)c3cccc(=O)n3C4)c(=O)oc2c1C. The van der Waals surface area contributed by atoms with Gasteiger partial charge in [-0.15, -0.1) is 0 Å². The fourth-order valence-electron chi connectivity index (χ4n) is 5.59. The quantitative estimate of drug-likeness (QED) is 0.399. The molecule has 36 heavy (non-hydrogen) atoms. The summed E-state index contributed by atoms with van der Waals surface area (Å²) in [6, 6.07) is 9.15. The summed E-state index contributed by atoms with van der Waals surface area (Å²) in [7, 11) is 0. The molecule has 2 aromatic heterocycles. The first-order valence-electron chi connectivity index (χ1n) is 12.5. The first-order valence-corrected chi connectivity index (χ1v) is 12.5. The fraction of sp³-hybridized carbons (Fsp3) is 0.414. The van der Waals surface area contributed by atoms with Crippen LogP contribution in [-0.2, 0) is 17.8 Å². The standard InChI is InChI=1S/C29H32N2O5/c1-17(2)10-11-35-25-9-8-22-18(3)23(29(34)36-28(22)19(25)4)13-27(33)30-14-20-12-21(16-30)24-6-5-7-26(32)31(24)15-20/h5-10,20-21H,11-16H2,1-4H3/t20-,21-/m0/s1. The first-order chi connectivity index (χ1) is 17.2. The number of hydrogen-bond donors (Lipinski definition) is 0. The molecular formula is C29H32N2O5. The molecule has 1 saturated heterocycles. The number of ether oxygens (including phenoxy) is 1. The number of aryl methyl sites for hydroxylation is 2. The average molecular weight is 489 g/mol. The molecule has 1 fully saturated rings. The number of amides is 1. The van der Waals surface area contributed by atoms with Gasteiger partial charge in [-0.05, 0) is 69.9 Å². The summed E-state index contributed by atoms with van der Waals surface area (Å²) in [6.07, 6.45) is 2.97. The first kappa shape index (κ1) is 24.1. The van der Waals surface area contributed by atoms with Crippen molar-refractivity contribution in [2.75, 3.05) is 19.7 Å². The smallest absolute Gasteiger partial charge is 0.340 e. The number of pyridine rings is 1. The molecule has 5 rings (SSSR count). The summed E-state index contributed by atoms with van der Waals surface area (Å²) < 4.78 is 13.4. The van der Waals surface area contributed by atoms with Crippen LogP contribution in [0.15, 0.2) is 56.0 Å². The second-order valence-electron chi connectivity index (χ2n) is 10.3. The number of allylic oxidation sites excluding steroid dienone is 1. The summed E-state index contributed by atoms with van der Waals surface area (Å²) >= 11 is 0. The maximum absolute atomic E-state index is 13.4. The Balaban J connectivity index is 1.39. The molecule has 0 unspecified atom stereocenters. The molecule has 0 N–H and O–H groups in total. The maximum Gasteiger partial charge on any atom is 0.340 e. The third kappa shape index (κ3) is 4.38. The lowest BCUT2D eigenvalue weighted by Gasteiger charge is -2.42. The zero-order valence-corrected chi connectivity index (χ0v) is 21.3. The Morgan fingerprint density at radius 3 is 2.67 bits per heavy atom. The van der Waals surface area contributed by atoms with E-state index in [4.69, 9.17) is 9.15 Å². The minimum Gasteiger partial charge on any atom is -0.489 e. The van der Waals surface area contributed by atoms with E-state index in [9.17, 15) is 14.4 Å². The van der Waals surface area contributed by atoms with Gasteiger partial charge in [0.1, 0.15) is 17.9 Å². The van der Waals surface area contributed by atoms with Crippen LogP contribution in [0.3, 0.4) is 0 Å². The van der Waals surface area contributed by atoms with E-state index in [-0.39, 0.29) is 29.7 Å². The summed E-state index contributed by atoms with van der Waals surface area (Å²) in [5.74, 6) is 0.967. The van der Waals surface area contributed by atoms with Crippen molar-refractivity contribution >= 4 is 16.9 Å². The Bertz CT molecular complexity index is 1490. The van der Waals surface area contributed by atoms with Gasteiger partial charge < -0.3 is 18.6 Å². The lowest BCUT2D eigenvalue weighted by atomic mass is 9.83. The number of carbonyl (C=O) groups excluding carboxylic acids is 1. The fourth-order valence-corrected chi connectivity index (χ4v) is 5.59. The number of aromatic nitrogens is 1. The number of hydrogen-bond acceptors (Lipinski definition) is 5. The van der Waals surface area contributed by atoms with Crippen LogP contribution in [0.2, 0.25) is 0 Å². The van der Waals surface area contributed by atoms with Crippen LogP contribution in [0, 0.1) is 19.8 Å². The highest BCUT2D eigenvalue weighted by molar-refractivity contribution is 5.87. The van der Waals surface area contributed by atoms with E-state index in [0.717, 1.165) is 28.6 Å². The van der Waals surface area contributed by atoms with Crippen molar-refractivity contribution < 1.29 is 13.9 Å². The van der Waals surface area contributed by atoms with Crippen LogP contribution in [0.1, 0.15) is 48.6 Å². The second-order valence-corrected chi connectivity index (χ2v) is 10.3. The molecule has 0 aliphatic carbocycles. The number of rotatable bonds is 5. The predicted molar refractivity (Wildman–Crippen MR) is 139 cm³/mol. The van der Waals surface area contributed by atoms with Crippen LogP contribution in [-0.4, -0.2) is 35.1 Å². The minimum atomic E-state index is -0.480. The monoisotopic (exact) mass is 488 g/mol. The number of benzene rings is 1. The topological polar surface area (TPSA) is 81.8 Å². The van der Waals surface area contributed by atoms with Crippen molar-refractivity contribution in [3.63, 3.8) is 0 Å². The zero-order chi connectivity index (χ0) is 25.6. The summed E-state index contributed by atoms with van der Waals surface area (Å²) in [6.45, 7) is 10.0. The maximum atomic E-state index is 13.4. The average Bonchev–Trinajstić information content (AvgIpc) is 2.84. The molecule has 2 aliphatic rings. The van der Waals surface area contributed by atoms with E-state index in [0.29, 0.717) is 43.1 Å². The van der Waals surface area contributed by atoms with Crippen molar-refractivity contribution in [2.24, 2.45) is 5.92 Å². The summed E-state index contributed by atoms with van der Waals surface area (Å²) in [5, 5.41) is 0.813. The van der Waals surface area contributed by atoms with Gasteiger partial charge in [0.2, 0.25) is 5.91 Å². The number of fused-ring (bicyclic) bond motifs is 5. The molecule has 7 heteroatoms. The molecule has 0 radical (unpaired) electrons. The van der Waals surface area contributed by atoms with E-state index >= 15 is 0 Å². The second kappa shape index (κ2) is 9.45. The molecule has 0 spiro atoms. The van der Waals surface area contributed by atoms with Crippen molar-refractivity contribution in [1.82, 2.24) is 9.47 Å². The molecule has 2 bridgehead atoms. The number of carbonyl (C=O) groups is 1. The van der Waals surface area contributed by atoms with Gasteiger partial charge in [0, 0.05) is 48.3 Å². The third-order valence-corrected chi connectivity index (χ3v) is 7.54. The lowest BCUT2D eigenvalue weighted by molar-refractivity contribution is -0.133. The minimum absolute atomic E-state index is 0.00299. The van der Waals surface area contributed by atoms with Gasteiger partial charge in [0.15, 0.2) is 0 Å². The van der Waals surface area contributed by atoms with Crippen LogP contribution < -0.4 is 15.9 Å². The summed E-state index contributed by atoms with van der Waals surface area (Å²) in [4.78, 5) is 40.5. The molecular weight excluding hydrogens is 456 g/mol. The predicted octanol–water partition coefficient (Wildman–Crippen LogP) is 4.10. The highest BCUT2D eigenvalue weighted by atomic mass is 16.5. The van der Waals surface area contributed by atoms with Crippen molar-refractivity contribution in [3.05, 3.63) is 85.1 Å². The molecule has 1 amide bonds. The Labute approximate surface area is 210 Å². The molecule has 4 heterocycles. The van der Waals surface area contributed by atoms with Crippen LogP contribution in [0.5, 0.6) is 5.75 Å². The van der Waals surface area contributed by atoms with Crippen LogP contribution >= 0.6 is 0 Å². The molecule has 1 aromatic carbocycles. The number of nitrogens with zero attached hydrogens (tertiary/aromatic N) is 2. The molecule has 2 aliphatic heterocycles. The molecule has 188 valence electrons. The molecule has 0 saturated carbocycles. The third-order valence-electron chi connectivity index (χ3n) is 7.54. The largest absolute Gasteiger partial charge is 0.489 e. The van der Waals surface area contributed by atoms with Crippen LogP contribution in [0.4, 0.5) is 0 Å². The van der Waals surface area contributed by atoms with Crippen LogP contribution in [0.25, 0.3) is 11.0 Å². The van der Waals surface area contributed by atoms with Crippen molar-refractivity contribution in [3.8, 4) is 5.75 Å². The van der Waals surface area contributed by atoms with Gasteiger partial charge in [0.25, 0.3) is 5.56 Å². The Morgan fingerprint density at radius 2 is 1.89 bits per heavy atom. The molecule has 3 aromatic rings. The van der Waals surface area contributed by atoms with Gasteiger partial charge in [-0.2, -0.15) is 0 Å².